The van der Waals surface area contributed by atoms with Crippen molar-refractivity contribution in [1.29, 1.82) is 0 Å². The summed E-state index contributed by atoms with van der Waals surface area (Å²) in [5.74, 6) is 0.655. The van der Waals surface area contributed by atoms with Crippen LogP contribution in [0.15, 0.2) is 18.5 Å². The van der Waals surface area contributed by atoms with Gasteiger partial charge in [0, 0.05) is 12.4 Å². The Hall–Kier alpha value is -0.640. The van der Waals surface area contributed by atoms with Crippen LogP contribution < -0.4 is 5.73 Å². The van der Waals surface area contributed by atoms with E-state index in [1.165, 1.54) is 0 Å². The molecule has 0 atom stereocenters. The van der Waals surface area contributed by atoms with E-state index < -0.39 is 0 Å². The molecule has 3 nitrogen and oxygen atoms in total. The molecule has 1 aliphatic carbocycles. The minimum absolute atomic E-state index is 0.364. The number of aromatic nitrogens is 1. The van der Waals surface area contributed by atoms with Crippen LogP contribution in [0.4, 0.5) is 0 Å². The maximum atomic E-state index is 5.96. The minimum atomic E-state index is 0.364. The molecule has 1 aromatic rings. The van der Waals surface area contributed by atoms with Gasteiger partial charge in [0.05, 0.1) is 17.7 Å². The van der Waals surface area contributed by atoms with Crippen LogP contribution in [-0.2, 0) is 11.3 Å². The Morgan fingerprint density at radius 3 is 3.00 bits per heavy atom. The zero-order valence-corrected chi connectivity index (χ0v) is 9.28. The van der Waals surface area contributed by atoms with Gasteiger partial charge in [-0.05, 0) is 36.9 Å². The molecule has 0 saturated heterocycles. The van der Waals surface area contributed by atoms with Crippen molar-refractivity contribution in [3.63, 3.8) is 0 Å². The molecule has 1 fully saturated rings. The largest absolute Gasteiger partial charge is 0.373 e. The highest BCUT2D eigenvalue weighted by Gasteiger charge is 2.28. The molecule has 82 valence electrons. The monoisotopic (exact) mass is 226 g/mol. The fraction of sp³-hybridized carbons (Fsp3) is 0.545. The van der Waals surface area contributed by atoms with Crippen LogP contribution in [0, 0.1) is 5.92 Å². The molecule has 0 aromatic carbocycles. The zero-order valence-electron chi connectivity index (χ0n) is 8.53. The summed E-state index contributed by atoms with van der Waals surface area (Å²) in [5, 5.41) is 0.673. The molecule has 1 heterocycles. The molecule has 1 saturated carbocycles. The fourth-order valence-electron chi connectivity index (χ4n) is 1.73. The van der Waals surface area contributed by atoms with E-state index in [-0.39, 0.29) is 0 Å². The van der Waals surface area contributed by atoms with Gasteiger partial charge in [-0.2, -0.15) is 0 Å². The van der Waals surface area contributed by atoms with Gasteiger partial charge in [-0.1, -0.05) is 11.6 Å². The number of hydrogen-bond donors (Lipinski definition) is 1. The Bertz CT molecular complexity index is 326. The number of hydrogen-bond acceptors (Lipinski definition) is 3. The van der Waals surface area contributed by atoms with Gasteiger partial charge in [0.25, 0.3) is 0 Å². The van der Waals surface area contributed by atoms with Gasteiger partial charge in [-0.3, -0.25) is 4.98 Å². The quantitative estimate of drug-likeness (QED) is 0.854. The molecule has 0 aliphatic heterocycles. The van der Waals surface area contributed by atoms with Crippen LogP contribution in [0.2, 0.25) is 5.02 Å². The van der Waals surface area contributed by atoms with Gasteiger partial charge in [-0.15, -0.1) is 0 Å². The van der Waals surface area contributed by atoms with Crippen molar-refractivity contribution in [2.45, 2.75) is 25.6 Å². The van der Waals surface area contributed by atoms with Crippen LogP contribution in [0.3, 0.4) is 0 Å². The topological polar surface area (TPSA) is 48.1 Å². The van der Waals surface area contributed by atoms with Crippen molar-refractivity contribution in [3.8, 4) is 0 Å². The van der Waals surface area contributed by atoms with E-state index in [0.29, 0.717) is 23.7 Å². The maximum absolute atomic E-state index is 5.96. The Balaban J connectivity index is 1.77. The molecule has 15 heavy (non-hydrogen) atoms. The second-order valence-corrected chi connectivity index (χ2v) is 4.38. The Morgan fingerprint density at radius 1 is 1.53 bits per heavy atom. The van der Waals surface area contributed by atoms with Crippen molar-refractivity contribution in [3.05, 3.63) is 29.0 Å². The van der Waals surface area contributed by atoms with Gasteiger partial charge in [0.15, 0.2) is 0 Å². The first-order chi connectivity index (χ1) is 7.29. The van der Waals surface area contributed by atoms with Gasteiger partial charge in [0.2, 0.25) is 0 Å². The Kier molecular flexibility index (Phi) is 3.57. The standard InChI is InChI=1S/C11H15ClN2O/c12-11-6-14-2-1-9(11)7-15-10-3-8(4-10)5-13/h1-2,6,8,10H,3-5,7,13H2. The molecule has 1 aromatic heterocycles. The highest BCUT2D eigenvalue weighted by molar-refractivity contribution is 6.31. The zero-order chi connectivity index (χ0) is 10.7. The van der Waals surface area contributed by atoms with Gasteiger partial charge in [-0.25, -0.2) is 0 Å². The summed E-state index contributed by atoms with van der Waals surface area (Å²) in [5.41, 5.74) is 6.55. The van der Waals surface area contributed by atoms with E-state index in [1.807, 2.05) is 6.07 Å². The first kappa shape index (κ1) is 10.9. The van der Waals surface area contributed by atoms with Crippen molar-refractivity contribution in [2.24, 2.45) is 11.7 Å². The van der Waals surface area contributed by atoms with E-state index in [4.69, 9.17) is 22.1 Å². The number of halogens is 1. The molecule has 0 unspecified atom stereocenters. The van der Waals surface area contributed by atoms with E-state index in [2.05, 4.69) is 4.98 Å². The normalized spacial score (nSPS) is 24.9. The van der Waals surface area contributed by atoms with Gasteiger partial charge >= 0.3 is 0 Å². The van der Waals surface area contributed by atoms with Crippen molar-refractivity contribution in [1.82, 2.24) is 4.98 Å². The molecular formula is C11H15ClN2O. The van der Waals surface area contributed by atoms with E-state index in [1.54, 1.807) is 12.4 Å². The van der Waals surface area contributed by atoms with E-state index >= 15 is 0 Å². The lowest BCUT2D eigenvalue weighted by atomic mass is 9.82. The number of pyridine rings is 1. The van der Waals surface area contributed by atoms with Crippen LogP contribution in [0.25, 0.3) is 0 Å². The number of ether oxygens (including phenoxy) is 1. The second-order valence-electron chi connectivity index (χ2n) is 3.97. The first-order valence-corrected chi connectivity index (χ1v) is 5.57. The van der Waals surface area contributed by atoms with Crippen LogP contribution >= 0.6 is 11.6 Å². The lowest BCUT2D eigenvalue weighted by Crippen LogP contribution is -2.35. The lowest BCUT2D eigenvalue weighted by Gasteiger charge is -2.34. The fourth-order valence-corrected chi connectivity index (χ4v) is 1.91. The Morgan fingerprint density at radius 2 is 2.33 bits per heavy atom. The molecule has 4 heteroatoms. The minimum Gasteiger partial charge on any atom is -0.373 e. The van der Waals surface area contributed by atoms with Crippen LogP contribution in [0.1, 0.15) is 18.4 Å². The second kappa shape index (κ2) is 4.92. The molecule has 0 radical (unpaired) electrons. The molecule has 0 amide bonds. The van der Waals surface area contributed by atoms with Crippen LogP contribution in [-0.4, -0.2) is 17.6 Å². The highest BCUT2D eigenvalue weighted by Crippen LogP contribution is 2.30. The molecule has 2 rings (SSSR count). The molecule has 0 bridgehead atoms. The number of nitrogens with two attached hydrogens (primary N) is 1. The molecule has 2 N–H and O–H groups in total. The summed E-state index contributed by atoms with van der Waals surface area (Å²) in [7, 11) is 0. The smallest absolute Gasteiger partial charge is 0.0736 e. The van der Waals surface area contributed by atoms with Crippen molar-refractivity contribution < 1.29 is 4.74 Å². The molecule has 1 aliphatic rings. The molecule has 0 spiro atoms. The average Bonchev–Trinajstić information content (AvgIpc) is 2.18. The average molecular weight is 227 g/mol. The van der Waals surface area contributed by atoms with Gasteiger partial charge in [0.1, 0.15) is 0 Å². The Labute approximate surface area is 94.6 Å². The third-order valence-corrected chi connectivity index (χ3v) is 3.20. The van der Waals surface area contributed by atoms with Crippen molar-refractivity contribution >= 4 is 11.6 Å². The lowest BCUT2D eigenvalue weighted by molar-refractivity contribution is -0.0375. The third-order valence-electron chi connectivity index (χ3n) is 2.86. The highest BCUT2D eigenvalue weighted by atomic mass is 35.5. The first-order valence-electron chi connectivity index (χ1n) is 5.19. The number of nitrogens with zero attached hydrogens (tertiary/aromatic N) is 1. The SMILES string of the molecule is NCC1CC(OCc2ccncc2Cl)C1. The van der Waals surface area contributed by atoms with E-state index in [0.717, 1.165) is 24.9 Å². The van der Waals surface area contributed by atoms with Crippen molar-refractivity contribution in [2.75, 3.05) is 6.54 Å². The maximum Gasteiger partial charge on any atom is 0.0736 e. The summed E-state index contributed by atoms with van der Waals surface area (Å²) < 4.78 is 5.71. The summed E-state index contributed by atoms with van der Waals surface area (Å²) in [6, 6.07) is 1.89. The summed E-state index contributed by atoms with van der Waals surface area (Å²) in [6.07, 6.45) is 5.90. The van der Waals surface area contributed by atoms with E-state index in [9.17, 15) is 0 Å². The summed E-state index contributed by atoms with van der Waals surface area (Å²) >= 11 is 5.96. The predicted molar refractivity (Wildman–Crippen MR) is 59.6 cm³/mol. The van der Waals surface area contributed by atoms with Gasteiger partial charge < -0.3 is 10.5 Å². The third kappa shape index (κ3) is 2.68. The molecular weight excluding hydrogens is 212 g/mol. The van der Waals surface area contributed by atoms with Crippen LogP contribution in [0.5, 0.6) is 0 Å². The predicted octanol–water partition coefficient (Wildman–Crippen LogP) is 1.99. The summed E-state index contributed by atoms with van der Waals surface area (Å²) in [4.78, 5) is 3.93. The number of rotatable bonds is 4. The summed E-state index contributed by atoms with van der Waals surface area (Å²) in [6.45, 7) is 1.35.